The molecule has 3 N–H and O–H groups in total. The summed E-state index contributed by atoms with van der Waals surface area (Å²) >= 11 is 0. The second-order valence-electron chi connectivity index (χ2n) is 4.93. The number of furan rings is 1. The van der Waals surface area contributed by atoms with E-state index in [0.29, 0.717) is 36.4 Å². The highest BCUT2D eigenvalue weighted by Gasteiger charge is 2.19. The number of hydrogen-bond donors (Lipinski definition) is 2. The van der Waals surface area contributed by atoms with Crippen molar-refractivity contribution in [2.45, 2.75) is 26.4 Å². The Labute approximate surface area is 112 Å². The van der Waals surface area contributed by atoms with Crippen molar-refractivity contribution in [1.82, 2.24) is 5.43 Å². The van der Waals surface area contributed by atoms with Gasteiger partial charge >= 0.3 is 0 Å². The molecule has 0 aliphatic heterocycles. The highest BCUT2D eigenvalue weighted by atomic mass is 16.5. The Morgan fingerprint density at radius 3 is 3.05 bits per heavy atom. The lowest BCUT2D eigenvalue weighted by Gasteiger charge is -2.24. The Kier molecular flexibility index (Phi) is 4.76. The predicted molar refractivity (Wildman–Crippen MR) is 71.0 cm³/mol. The van der Waals surface area contributed by atoms with Crippen LogP contribution in [0.2, 0.25) is 0 Å². The number of nitrogens with two attached hydrogens (primary N) is 1. The van der Waals surface area contributed by atoms with Crippen molar-refractivity contribution in [1.29, 1.82) is 0 Å². The third-order valence-electron chi connectivity index (χ3n) is 3.60. The molecule has 104 valence electrons. The maximum Gasteiger partial charge on any atom is 0.268 e. The van der Waals surface area contributed by atoms with E-state index in [-0.39, 0.29) is 5.91 Å². The van der Waals surface area contributed by atoms with Gasteiger partial charge in [-0.1, -0.05) is 19.1 Å². The highest BCUT2D eigenvalue weighted by molar-refractivity contribution is 5.94. The van der Waals surface area contributed by atoms with Gasteiger partial charge < -0.3 is 9.15 Å². The first-order chi connectivity index (χ1) is 9.22. The minimum absolute atomic E-state index is 0.294. The number of rotatable bonds is 5. The molecule has 0 fully saturated rings. The molecule has 1 heterocycles. The van der Waals surface area contributed by atoms with Gasteiger partial charge in [0.2, 0.25) is 0 Å². The first-order valence-corrected chi connectivity index (χ1v) is 6.52. The molecule has 1 amide bonds. The van der Waals surface area contributed by atoms with Gasteiger partial charge in [-0.2, -0.15) is 0 Å². The minimum Gasteiger partial charge on any atom is -0.466 e. The molecule has 2 rings (SSSR count). The number of allylic oxidation sites excluding steroid dienone is 2. The molecule has 1 aromatic heterocycles. The minimum atomic E-state index is -0.360. The van der Waals surface area contributed by atoms with Crippen LogP contribution in [0, 0.1) is 11.8 Å². The van der Waals surface area contributed by atoms with E-state index in [0.717, 1.165) is 12.8 Å². The van der Waals surface area contributed by atoms with Gasteiger partial charge in [-0.25, -0.2) is 5.84 Å². The molecule has 1 aliphatic rings. The summed E-state index contributed by atoms with van der Waals surface area (Å²) in [5, 5.41) is 0. The Bertz CT molecular complexity index is 453. The van der Waals surface area contributed by atoms with Crippen molar-refractivity contribution in [3.8, 4) is 0 Å². The number of ether oxygens (including phenoxy) is 1. The molecule has 1 aliphatic carbocycles. The zero-order valence-electron chi connectivity index (χ0n) is 11.1. The second kappa shape index (κ2) is 6.54. The topological polar surface area (TPSA) is 77.5 Å². The van der Waals surface area contributed by atoms with Crippen LogP contribution in [0.4, 0.5) is 0 Å². The zero-order chi connectivity index (χ0) is 13.7. The standard InChI is InChI=1S/C14H20N2O3/c1-10-4-2-3-5-11(10)8-18-9-13-12(6-7-19-13)14(17)16-15/h2-3,6-7,10-11H,4-5,8-9,15H2,1H3,(H,16,17). The van der Waals surface area contributed by atoms with E-state index >= 15 is 0 Å². The van der Waals surface area contributed by atoms with E-state index in [2.05, 4.69) is 24.5 Å². The van der Waals surface area contributed by atoms with Crippen molar-refractivity contribution in [2.75, 3.05) is 6.61 Å². The zero-order valence-corrected chi connectivity index (χ0v) is 11.1. The Morgan fingerprint density at radius 1 is 1.53 bits per heavy atom. The van der Waals surface area contributed by atoms with E-state index < -0.39 is 0 Å². The lowest BCUT2D eigenvalue weighted by Crippen LogP contribution is -2.30. The molecular weight excluding hydrogens is 244 g/mol. The molecule has 2 unspecified atom stereocenters. The summed E-state index contributed by atoms with van der Waals surface area (Å²) in [6.45, 7) is 3.20. The van der Waals surface area contributed by atoms with Gasteiger partial charge in [-0.15, -0.1) is 0 Å². The number of nitrogens with one attached hydrogen (secondary N) is 1. The quantitative estimate of drug-likeness (QED) is 0.369. The molecule has 0 bridgehead atoms. The van der Waals surface area contributed by atoms with E-state index in [9.17, 15) is 4.79 Å². The Hall–Kier alpha value is -1.59. The Balaban J connectivity index is 1.84. The summed E-state index contributed by atoms with van der Waals surface area (Å²) in [7, 11) is 0. The van der Waals surface area contributed by atoms with Crippen molar-refractivity contribution in [3.63, 3.8) is 0 Å². The molecule has 19 heavy (non-hydrogen) atoms. The van der Waals surface area contributed by atoms with Crippen LogP contribution in [-0.4, -0.2) is 12.5 Å². The van der Waals surface area contributed by atoms with Gasteiger partial charge in [0.25, 0.3) is 5.91 Å². The van der Waals surface area contributed by atoms with Crippen LogP contribution in [0.15, 0.2) is 28.9 Å². The summed E-state index contributed by atoms with van der Waals surface area (Å²) in [6, 6.07) is 1.59. The van der Waals surface area contributed by atoms with Gasteiger partial charge in [0.15, 0.2) is 0 Å². The molecule has 2 atom stereocenters. The largest absolute Gasteiger partial charge is 0.466 e. The average molecular weight is 264 g/mol. The lowest BCUT2D eigenvalue weighted by atomic mass is 9.85. The molecule has 1 aromatic rings. The average Bonchev–Trinajstić information content (AvgIpc) is 2.88. The maximum absolute atomic E-state index is 11.5. The fraction of sp³-hybridized carbons (Fsp3) is 0.500. The van der Waals surface area contributed by atoms with E-state index in [1.807, 2.05) is 0 Å². The molecule has 0 spiro atoms. The molecule has 5 heteroatoms. The molecular formula is C14H20N2O3. The third-order valence-corrected chi connectivity index (χ3v) is 3.60. The van der Waals surface area contributed by atoms with Gasteiger partial charge in [-0.05, 0) is 30.7 Å². The SMILES string of the molecule is CC1CC=CCC1COCc1occc1C(=O)NN. The number of nitrogen functional groups attached to an aromatic ring is 1. The summed E-state index contributed by atoms with van der Waals surface area (Å²) in [6.07, 6.45) is 8.05. The van der Waals surface area contributed by atoms with Crippen LogP contribution in [0.3, 0.4) is 0 Å². The van der Waals surface area contributed by atoms with Gasteiger partial charge in [0, 0.05) is 0 Å². The molecule has 5 nitrogen and oxygen atoms in total. The molecule has 0 saturated carbocycles. The lowest BCUT2D eigenvalue weighted by molar-refractivity contribution is 0.0573. The number of hydrogen-bond acceptors (Lipinski definition) is 4. The van der Waals surface area contributed by atoms with Crippen LogP contribution >= 0.6 is 0 Å². The summed E-state index contributed by atoms with van der Waals surface area (Å²) in [4.78, 5) is 11.5. The van der Waals surface area contributed by atoms with Crippen LogP contribution < -0.4 is 11.3 Å². The van der Waals surface area contributed by atoms with Crippen molar-refractivity contribution in [3.05, 3.63) is 35.8 Å². The van der Waals surface area contributed by atoms with Gasteiger partial charge in [0.1, 0.15) is 12.4 Å². The molecule has 0 radical (unpaired) electrons. The molecule has 0 saturated heterocycles. The van der Waals surface area contributed by atoms with Crippen molar-refractivity contribution >= 4 is 5.91 Å². The smallest absolute Gasteiger partial charge is 0.268 e. The summed E-state index contributed by atoms with van der Waals surface area (Å²) in [5.41, 5.74) is 2.52. The maximum atomic E-state index is 11.5. The first-order valence-electron chi connectivity index (χ1n) is 6.52. The van der Waals surface area contributed by atoms with Crippen LogP contribution in [-0.2, 0) is 11.3 Å². The number of carbonyl (C=O) groups excluding carboxylic acids is 1. The molecule has 0 aromatic carbocycles. The second-order valence-corrected chi connectivity index (χ2v) is 4.93. The number of hydrazine groups is 1. The van der Waals surface area contributed by atoms with Crippen LogP contribution in [0.1, 0.15) is 35.9 Å². The summed E-state index contributed by atoms with van der Waals surface area (Å²) in [5.74, 6) is 6.43. The van der Waals surface area contributed by atoms with E-state index in [4.69, 9.17) is 15.0 Å². The van der Waals surface area contributed by atoms with Crippen LogP contribution in [0.25, 0.3) is 0 Å². The van der Waals surface area contributed by atoms with Crippen molar-refractivity contribution < 1.29 is 13.9 Å². The fourth-order valence-corrected chi connectivity index (χ4v) is 2.27. The number of amides is 1. The first kappa shape index (κ1) is 13.8. The van der Waals surface area contributed by atoms with Crippen LogP contribution in [0.5, 0.6) is 0 Å². The monoisotopic (exact) mass is 264 g/mol. The van der Waals surface area contributed by atoms with Crippen molar-refractivity contribution in [2.24, 2.45) is 17.7 Å². The normalized spacial score (nSPS) is 22.4. The predicted octanol–water partition coefficient (Wildman–Crippen LogP) is 2.00. The van der Waals surface area contributed by atoms with E-state index in [1.165, 1.54) is 6.26 Å². The van der Waals surface area contributed by atoms with E-state index in [1.54, 1.807) is 6.07 Å². The third kappa shape index (κ3) is 3.45. The number of carbonyl (C=O) groups is 1. The Morgan fingerprint density at radius 2 is 2.32 bits per heavy atom. The van der Waals surface area contributed by atoms with Gasteiger partial charge in [-0.3, -0.25) is 10.2 Å². The fourth-order valence-electron chi connectivity index (χ4n) is 2.27. The highest BCUT2D eigenvalue weighted by Crippen LogP contribution is 2.25. The summed E-state index contributed by atoms with van der Waals surface area (Å²) < 4.78 is 10.9. The van der Waals surface area contributed by atoms with Gasteiger partial charge in [0.05, 0.1) is 18.4 Å².